The molecule has 0 saturated carbocycles. The first-order valence-electron chi connectivity index (χ1n) is 4.61. The van der Waals surface area contributed by atoms with E-state index >= 15 is 0 Å². The standard InChI is InChI=1S/C10H14N2S/c1-11-13-10-6-2-5-9-8(10)4-3-7-12-9/h2,5-6,11-12H,3-4,7H2,1H3. The number of rotatable bonds is 2. The van der Waals surface area contributed by atoms with Crippen LogP contribution in [0.5, 0.6) is 0 Å². The molecule has 1 aliphatic heterocycles. The van der Waals surface area contributed by atoms with Gasteiger partial charge in [-0.2, -0.15) is 0 Å². The lowest BCUT2D eigenvalue weighted by atomic mass is 10.0. The van der Waals surface area contributed by atoms with Gasteiger partial charge in [0.1, 0.15) is 0 Å². The Hall–Kier alpha value is -0.670. The molecule has 0 unspecified atom stereocenters. The van der Waals surface area contributed by atoms with Crippen molar-refractivity contribution in [2.45, 2.75) is 17.7 Å². The van der Waals surface area contributed by atoms with Crippen LogP contribution in [0.1, 0.15) is 12.0 Å². The molecule has 0 aliphatic carbocycles. The van der Waals surface area contributed by atoms with E-state index in [9.17, 15) is 0 Å². The summed E-state index contributed by atoms with van der Waals surface area (Å²) in [6.45, 7) is 1.11. The van der Waals surface area contributed by atoms with Crippen molar-refractivity contribution in [2.75, 3.05) is 18.9 Å². The third kappa shape index (κ3) is 1.81. The number of anilines is 1. The maximum Gasteiger partial charge on any atom is 0.0384 e. The molecule has 70 valence electrons. The molecule has 2 N–H and O–H groups in total. The summed E-state index contributed by atoms with van der Waals surface area (Å²) in [5.41, 5.74) is 2.78. The SMILES string of the molecule is CNSc1cccc2c1CCCN2. The molecule has 1 heterocycles. The quantitative estimate of drug-likeness (QED) is 0.706. The summed E-state index contributed by atoms with van der Waals surface area (Å²) < 4.78 is 3.12. The predicted octanol–water partition coefficient (Wildman–Crippen LogP) is 2.27. The summed E-state index contributed by atoms with van der Waals surface area (Å²) in [6, 6.07) is 6.44. The molecule has 1 aliphatic rings. The molecule has 2 nitrogen and oxygen atoms in total. The fourth-order valence-electron chi connectivity index (χ4n) is 1.68. The van der Waals surface area contributed by atoms with Gasteiger partial charge in [-0.25, -0.2) is 0 Å². The minimum absolute atomic E-state index is 1.11. The monoisotopic (exact) mass is 194 g/mol. The van der Waals surface area contributed by atoms with Gasteiger partial charge in [0.15, 0.2) is 0 Å². The summed E-state index contributed by atoms with van der Waals surface area (Å²) in [5, 5.41) is 3.42. The Morgan fingerprint density at radius 2 is 2.38 bits per heavy atom. The van der Waals surface area contributed by atoms with E-state index in [2.05, 4.69) is 28.2 Å². The van der Waals surface area contributed by atoms with Crippen LogP contribution >= 0.6 is 11.9 Å². The fraction of sp³-hybridized carbons (Fsp3) is 0.400. The second kappa shape index (κ2) is 4.03. The minimum Gasteiger partial charge on any atom is -0.385 e. The maximum atomic E-state index is 3.42. The van der Waals surface area contributed by atoms with E-state index in [1.54, 1.807) is 11.9 Å². The van der Waals surface area contributed by atoms with Crippen molar-refractivity contribution in [3.63, 3.8) is 0 Å². The highest BCUT2D eigenvalue weighted by Gasteiger charge is 2.11. The summed E-state index contributed by atoms with van der Waals surface area (Å²) in [4.78, 5) is 1.35. The molecular weight excluding hydrogens is 180 g/mol. The maximum absolute atomic E-state index is 3.42. The highest BCUT2D eigenvalue weighted by atomic mass is 32.2. The molecule has 0 spiro atoms. The molecule has 0 radical (unpaired) electrons. The Kier molecular flexibility index (Phi) is 2.76. The lowest BCUT2D eigenvalue weighted by Crippen LogP contribution is -2.12. The predicted molar refractivity (Wildman–Crippen MR) is 58.2 cm³/mol. The third-order valence-corrected chi connectivity index (χ3v) is 3.07. The number of hydrogen-bond acceptors (Lipinski definition) is 3. The van der Waals surface area contributed by atoms with Crippen molar-refractivity contribution < 1.29 is 0 Å². The zero-order valence-electron chi connectivity index (χ0n) is 7.76. The average Bonchev–Trinajstić information content (AvgIpc) is 2.19. The minimum atomic E-state index is 1.11. The smallest absolute Gasteiger partial charge is 0.0384 e. The van der Waals surface area contributed by atoms with Gasteiger partial charge in [0, 0.05) is 17.1 Å². The molecule has 0 bridgehead atoms. The molecule has 0 atom stereocenters. The van der Waals surface area contributed by atoms with Crippen molar-refractivity contribution in [2.24, 2.45) is 0 Å². The summed E-state index contributed by atoms with van der Waals surface area (Å²) in [6.07, 6.45) is 2.45. The first-order valence-corrected chi connectivity index (χ1v) is 5.43. The van der Waals surface area contributed by atoms with Gasteiger partial charge in [0.05, 0.1) is 0 Å². The Balaban J connectivity index is 2.34. The van der Waals surface area contributed by atoms with Crippen LogP contribution in [0.15, 0.2) is 23.1 Å². The number of hydrogen-bond donors (Lipinski definition) is 2. The van der Waals surface area contributed by atoms with Gasteiger partial charge in [-0.05, 0) is 49.5 Å². The van der Waals surface area contributed by atoms with E-state index in [4.69, 9.17) is 0 Å². The van der Waals surface area contributed by atoms with Crippen LogP contribution in [0, 0.1) is 0 Å². The van der Waals surface area contributed by atoms with E-state index in [0.717, 1.165) is 6.54 Å². The van der Waals surface area contributed by atoms with Crippen molar-refractivity contribution >= 4 is 17.6 Å². The molecule has 0 fully saturated rings. The molecule has 3 heteroatoms. The van der Waals surface area contributed by atoms with Gasteiger partial charge < -0.3 is 5.32 Å². The molecule has 0 saturated heterocycles. The van der Waals surface area contributed by atoms with E-state index in [1.807, 2.05) is 7.05 Å². The van der Waals surface area contributed by atoms with E-state index in [0.29, 0.717) is 0 Å². The van der Waals surface area contributed by atoms with E-state index in [-0.39, 0.29) is 0 Å². The highest BCUT2D eigenvalue weighted by Crippen LogP contribution is 2.30. The Morgan fingerprint density at radius 3 is 3.23 bits per heavy atom. The van der Waals surface area contributed by atoms with Crippen molar-refractivity contribution in [1.82, 2.24) is 4.72 Å². The van der Waals surface area contributed by atoms with Crippen molar-refractivity contribution in [3.8, 4) is 0 Å². The van der Waals surface area contributed by atoms with Crippen LogP contribution in [0.4, 0.5) is 5.69 Å². The highest BCUT2D eigenvalue weighted by molar-refractivity contribution is 7.97. The largest absolute Gasteiger partial charge is 0.385 e. The molecule has 1 aromatic carbocycles. The number of nitrogens with one attached hydrogen (secondary N) is 2. The zero-order chi connectivity index (χ0) is 9.10. The van der Waals surface area contributed by atoms with Crippen LogP contribution in [0.2, 0.25) is 0 Å². The lowest BCUT2D eigenvalue weighted by molar-refractivity contribution is 0.814. The van der Waals surface area contributed by atoms with Crippen LogP contribution in [-0.4, -0.2) is 13.6 Å². The zero-order valence-corrected chi connectivity index (χ0v) is 8.58. The Bertz CT molecular complexity index is 299. The van der Waals surface area contributed by atoms with Crippen molar-refractivity contribution in [1.29, 1.82) is 0 Å². The number of fused-ring (bicyclic) bond motifs is 1. The van der Waals surface area contributed by atoms with Crippen LogP contribution < -0.4 is 10.0 Å². The normalized spacial score (nSPS) is 14.8. The van der Waals surface area contributed by atoms with E-state index < -0.39 is 0 Å². The second-order valence-electron chi connectivity index (χ2n) is 3.12. The first-order chi connectivity index (χ1) is 6.42. The topological polar surface area (TPSA) is 24.1 Å². The van der Waals surface area contributed by atoms with Gasteiger partial charge in [-0.1, -0.05) is 6.07 Å². The number of benzene rings is 1. The molecular formula is C10H14N2S. The summed E-state index contributed by atoms with van der Waals surface area (Å²) in [7, 11) is 1.96. The fourth-order valence-corrected chi connectivity index (χ4v) is 2.38. The first kappa shape index (κ1) is 8.91. The van der Waals surface area contributed by atoms with Gasteiger partial charge in [0.2, 0.25) is 0 Å². The Labute approximate surface area is 83.2 Å². The summed E-state index contributed by atoms with van der Waals surface area (Å²) in [5.74, 6) is 0. The van der Waals surface area contributed by atoms with E-state index in [1.165, 1.54) is 29.0 Å². The van der Waals surface area contributed by atoms with Crippen molar-refractivity contribution in [3.05, 3.63) is 23.8 Å². The molecule has 0 amide bonds. The van der Waals surface area contributed by atoms with Gasteiger partial charge in [-0.15, -0.1) is 0 Å². The van der Waals surface area contributed by atoms with Crippen LogP contribution in [-0.2, 0) is 6.42 Å². The third-order valence-electron chi connectivity index (χ3n) is 2.26. The Morgan fingerprint density at radius 1 is 1.46 bits per heavy atom. The van der Waals surface area contributed by atoms with Crippen LogP contribution in [0.3, 0.4) is 0 Å². The summed E-state index contributed by atoms with van der Waals surface area (Å²) >= 11 is 1.70. The van der Waals surface area contributed by atoms with Gasteiger partial charge in [0.25, 0.3) is 0 Å². The average molecular weight is 194 g/mol. The van der Waals surface area contributed by atoms with Gasteiger partial charge >= 0.3 is 0 Å². The van der Waals surface area contributed by atoms with Crippen LogP contribution in [0.25, 0.3) is 0 Å². The molecule has 0 aromatic heterocycles. The molecule has 1 aromatic rings. The molecule has 2 rings (SSSR count). The van der Waals surface area contributed by atoms with Gasteiger partial charge in [-0.3, -0.25) is 4.72 Å². The lowest BCUT2D eigenvalue weighted by Gasteiger charge is -2.20. The molecule has 13 heavy (non-hydrogen) atoms. The second-order valence-corrected chi connectivity index (χ2v) is 4.17.